The summed E-state index contributed by atoms with van der Waals surface area (Å²) in [6.45, 7) is 12.6. The van der Waals surface area contributed by atoms with Crippen molar-refractivity contribution in [3.05, 3.63) is 11.6 Å². The van der Waals surface area contributed by atoms with Gasteiger partial charge in [0, 0.05) is 0 Å². The highest BCUT2D eigenvalue weighted by molar-refractivity contribution is 6.45. The van der Waals surface area contributed by atoms with Crippen molar-refractivity contribution in [2.24, 2.45) is 0 Å². The first-order valence-electron chi connectivity index (χ1n) is 5.73. The lowest BCUT2D eigenvalue weighted by atomic mass is 9.83. The Kier molecular flexibility index (Phi) is 3.67. The maximum Gasteiger partial charge on any atom is 0.458 e. The lowest BCUT2D eigenvalue weighted by Gasteiger charge is -2.32. The van der Waals surface area contributed by atoms with Crippen molar-refractivity contribution in [1.82, 2.24) is 0 Å². The normalized spacial score (nSPS) is 22.9. The molecule has 2 nitrogen and oxygen atoms in total. The summed E-state index contributed by atoms with van der Waals surface area (Å²) in [6, 6.07) is 0. The Balaban J connectivity index is 2.46. The number of rotatable bonds is 3. The van der Waals surface area contributed by atoms with E-state index in [1.165, 1.54) is 5.57 Å². The highest BCUT2D eigenvalue weighted by atomic mass is 16.7. The van der Waals surface area contributed by atoms with Crippen LogP contribution in [0, 0.1) is 0 Å². The molecule has 1 fully saturated rings. The molecule has 3 heteroatoms. The second kappa shape index (κ2) is 4.30. The molecule has 0 atom stereocenters. The molecule has 0 bridgehead atoms. The number of hydrogen-bond acceptors (Lipinski definition) is 2. The van der Waals surface area contributed by atoms with E-state index in [2.05, 4.69) is 47.6 Å². The average Bonchev–Trinajstić information content (AvgIpc) is 2.19. The molecule has 1 saturated heterocycles. The van der Waals surface area contributed by atoms with E-state index in [0.29, 0.717) is 0 Å². The van der Waals surface area contributed by atoms with Crippen LogP contribution in [0.1, 0.15) is 48.0 Å². The first-order valence-corrected chi connectivity index (χ1v) is 5.73. The van der Waals surface area contributed by atoms with Crippen molar-refractivity contribution in [3.63, 3.8) is 0 Å². The molecule has 0 radical (unpaired) electrons. The second-order valence-electron chi connectivity index (χ2n) is 5.54. The summed E-state index contributed by atoms with van der Waals surface area (Å²) in [5.41, 5.74) is 0.970. The molecule has 86 valence electrons. The Labute approximate surface area is 94.2 Å². The van der Waals surface area contributed by atoms with E-state index in [9.17, 15) is 0 Å². The largest absolute Gasteiger partial charge is 0.458 e. The third kappa shape index (κ3) is 3.09. The highest BCUT2D eigenvalue weighted by Crippen LogP contribution is 2.37. The van der Waals surface area contributed by atoms with Gasteiger partial charge in [0.1, 0.15) is 0 Å². The van der Waals surface area contributed by atoms with E-state index in [-0.39, 0.29) is 18.3 Å². The topological polar surface area (TPSA) is 18.5 Å². The highest BCUT2D eigenvalue weighted by Gasteiger charge is 2.50. The molecule has 0 amide bonds. The van der Waals surface area contributed by atoms with Gasteiger partial charge in [0.05, 0.1) is 11.2 Å². The fraction of sp³-hybridized carbons (Fsp3) is 0.833. The minimum atomic E-state index is -0.192. The van der Waals surface area contributed by atoms with Gasteiger partial charge in [-0.25, -0.2) is 0 Å². The first-order chi connectivity index (χ1) is 6.74. The van der Waals surface area contributed by atoms with Crippen LogP contribution in [0.25, 0.3) is 0 Å². The van der Waals surface area contributed by atoms with Gasteiger partial charge in [-0.05, 0) is 54.3 Å². The van der Waals surface area contributed by atoms with Gasteiger partial charge in [-0.3, -0.25) is 0 Å². The molecule has 0 unspecified atom stereocenters. The van der Waals surface area contributed by atoms with Crippen LogP contribution in [-0.4, -0.2) is 18.3 Å². The molecule has 1 rings (SSSR count). The van der Waals surface area contributed by atoms with E-state index in [1.807, 2.05) is 0 Å². The second-order valence-corrected chi connectivity index (χ2v) is 5.54. The summed E-state index contributed by atoms with van der Waals surface area (Å²) in [4.78, 5) is 0. The summed E-state index contributed by atoms with van der Waals surface area (Å²) in [7, 11) is -0.0504. The van der Waals surface area contributed by atoms with E-state index >= 15 is 0 Å². The van der Waals surface area contributed by atoms with Crippen molar-refractivity contribution < 1.29 is 9.31 Å². The molecule has 1 aliphatic rings. The molecule has 0 saturated carbocycles. The van der Waals surface area contributed by atoms with Crippen LogP contribution in [0.4, 0.5) is 0 Å². The predicted molar refractivity (Wildman–Crippen MR) is 64.9 cm³/mol. The van der Waals surface area contributed by atoms with Crippen molar-refractivity contribution in [2.45, 2.75) is 65.5 Å². The fourth-order valence-electron chi connectivity index (χ4n) is 1.59. The maximum atomic E-state index is 5.89. The maximum absolute atomic E-state index is 5.89. The molecule has 0 spiro atoms. The van der Waals surface area contributed by atoms with Gasteiger partial charge in [0.2, 0.25) is 0 Å². The summed E-state index contributed by atoms with van der Waals surface area (Å²) >= 11 is 0. The Hall–Kier alpha value is -0.275. The molecule has 1 heterocycles. The van der Waals surface area contributed by atoms with Gasteiger partial charge in [-0.1, -0.05) is 11.6 Å². The van der Waals surface area contributed by atoms with Crippen LogP contribution in [0.3, 0.4) is 0 Å². The predicted octanol–water partition coefficient (Wildman–Crippen LogP) is 3.43. The van der Waals surface area contributed by atoms with Gasteiger partial charge in [-0.2, -0.15) is 0 Å². The van der Waals surface area contributed by atoms with Crippen LogP contribution >= 0.6 is 0 Å². The van der Waals surface area contributed by atoms with Gasteiger partial charge >= 0.3 is 7.12 Å². The van der Waals surface area contributed by atoms with Gasteiger partial charge in [0.25, 0.3) is 0 Å². The Morgan fingerprint density at radius 1 is 1.07 bits per heavy atom. The summed E-state index contributed by atoms with van der Waals surface area (Å²) in [5.74, 6) is 0. The van der Waals surface area contributed by atoms with Crippen LogP contribution < -0.4 is 0 Å². The van der Waals surface area contributed by atoms with Crippen molar-refractivity contribution in [3.8, 4) is 0 Å². The Morgan fingerprint density at radius 3 is 1.93 bits per heavy atom. The third-order valence-electron chi connectivity index (χ3n) is 3.26. The number of hydrogen-bond donors (Lipinski definition) is 0. The quantitative estimate of drug-likeness (QED) is 0.524. The average molecular weight is 210 g/mol. The Bertz CT molecular complexity index is 236. The van der Waals surface area contributed by atoms with Crippen molar-refractivity contribution >= 4 is 7.12 Å². The lowest BCUT2D eigenvalue weighted by Crippen LogP contribution is -2.41. The van der Waals surface area contributed by atoms with E-state index in [0.717, 1.165) is 12.7 Å². The zero-order chi connectivity index (χ0) is 11.7. The fourth-order valence-corrected chi connectivity index (χ4v) is 1.59. The molecule has 0 aliphatic carbocycles. The molecule has 15 heavy (non-hydrogen) atoms. The minimum Gasteiger partial charge on any atom is -0.403 e. The van der Waals surface area contributed by atoms with Crippen LogP contribution in [0.2, 0.25) is 6.32 Å². The molecule has 0 N–H and O–H groups in total. The third-order valence-corrected chi connectivity index (χ3v) is 3.26. The van der Waals surface area contributed by atoms with Gasteiger partial charge in [-0.15, -0.1) is 0 Å². The van der Waals surface area contributed by atoms with Crippen LogP contribution in [0.5, 0.6) is 0 Å². The van der Waals surface area contributed by atoms with Crippen molar-refractivity contribution in [2.75, 3.05) is 0 Å². The summed E-state index contributed by atoms with van der Waals surface area (Å²) < 4.78 is 11.8. The molecule has 1 aliphatic heterocycles. The van der Waals surface area contributed by atoms with Crippen LogP contribution in [-0.2, 0) is 9.31 Å². The first kappa shape index (κ1) is 12.8. The monoisotopic (exact) mass is 210 g/mol. The van der Waals surface area contributed by atoms with Gasteiger partial charge < -0.3 is 9.31 Å². The SMILES string of the molecule is CC(C)=CCCB1OC(C)(C)C(C)(C)O1. The standard InChI is InChI=1S/C12H23BO2/c1-10(2)8-7-9-13-14-11(3,4)12(5,6)15-13/h8H,7,9H2,1-6H3. The van der Waals surface area contributed by atoms with E-state index in [1.54, 1.807) is 0 Å². The molecular weight excluding hydrogens is 187 g/mol. The van der Waals surface area contributed by atoms with E-state index in [4.69, 9.17) is 9.31 Å². The molecule has 0 aromatic heterocycles. The van der Waals surface area contributed by atoms with Gasteiger partial charge in [0.15, 0.2) is 0 Å². The van der Waals surface area contributed by atoms with Crippen LogP contribution in [0.15, 0.2) is 11.6 Å². The molecule has 0 aromatic carbocycles. The minimum absolute atomic E-state index is 0.0504. The lowest BCUT2D eigenvalue weighted by molar-refractivity contribution is 0.00578. The van der Waals surface area contributed by atoms with Crippen molar-refractivity contribution in [1.29, 1.82) is 0 Å². The number of allylic oxidation sites excluding steroid dienone is 2. The van der Waals surface area contributed by atoms with E-state index < -0.39 is 0 Å². The smallest absolute Gasteiger partial charge is 0.403 e. The zero-order valence-electron chi connectivity index (χ0n) is 10.9. The molecule has 0 aromatic rings. The Morgan fingerprint density at radius 2 is 1.53 bits per heavy atom. The summed E-state index contributed by atoms with van der Waals surface area (Å²) in [6.07, 6.45) is 4.20. The zero-order valence-corrected chi connectivity index (χ0v) is 10.9. The molecular formula is C12H23BO2. The summed E-state index contributed by atoms with van der Waals surface area (Å²) in [5, 5.41) is 0.